The summed E-state index contributed by atoms with van der Waals surface area (Å²) < 4.78 is 6.98. The van der Waals surface area contributed by atoms with Gasteiger partial charge in [0.2, 0.25) is 0 Å². The van der Waals surface area contributed by atoms with Gasteiger partial charge in [0.15, 0.2) is 5.16 Å². The first-order chi connectivity index (χ1) is 14.8. The molecule has 0 fully saturated rings. The minimum Gasteiger partial charge on any atom is -0.465 e. The lowest BCUT2D eigenvalue weighted by atomic mass is 10.1. The standard InChI is InChI=1S/C24H28Cl2N2O2S/c1-5-7-8-9-19(17(3)4)16-31-24-27-21(14-28(24)15-23(29)30-6-2)12-18-10-11-20(25)13-22(18)26/h5,7-11,13-14H,6,12,15-16H2,1-4H3/b7-5-,9-8-. The van der Waals surface area contributed by atoms with E-state index in [1.807, 2.05) is 48.0 Å². The van der Waals surface area contributed by atoms with Gasteiger partial charge in [-0.2, -0.15) is 0 Å². The van der Waals surface area contributed by atoms with E-state index in [1.54, 1.807) is 24.8 Å². The Morgan fingerprint density at radius 3 is 2.68 bits per heavy atom. The molecule has 0 N–H and O–H groups in total. The largest absolute Gasteiger partial charge is 0.465 e. The van der Waals surface area contributed by atoms with Crippen molar-refractivity contribution in [3.8, 4) is 0 Å². The molecular formula is C24H28Cl2N2O2S. The zero-order valence-corrected chi connectivity index (χ0v) is 20.7. The number of rotatable bonds is 10. The van der Waals surface area contributed by atoms with Crippen LogP contribution in [0.1, 0.15) is 39.0 Å². The molecule has 166 valence electrons. The van der Waals surface area contributed by atoms with E-state index in [-0.39, 0.29) is 12.5 Å². The van der Waals surface area contributed by atoms with Crippen molar-refractivity contribution in [2.75, 3.05) is 12.4 Å². The number of carbonyl (C=O) groups is 1. The third-order valence-electron chi connectivity index (χ3n) is 4.38. The van der Waals surface area contributed by atoms with Gasteiger partial charge in [-0.05, 0) is 51.0 Å². The van der Waals surface area contributed by atoms with Crippen LogP contribution in [0.3, 0.4) is 0 Å². The second-order valence-corrected chi connectivity index (χ2v) is 8.85. The van der Waals surface area contributed by atoms with Gasteiger partial charge in [-0.1, -0.05) is 70.9 Å². The van der Waals surface area contributed by atoms with E-state index >= 15 is 0 Å². The van der Waals surface area contributed by atoms with Crippen molar-refractivity contribution in [1.29, 1.82) is 0 Å². The fourth-order valence-corrected chi connectivity index (χ4v) is 4.36. The fourth-order valence-electron chi connectivity index (χ4n) is 2.75. The number of imidazole rings is 1. The summed E-state index contributed by atoms with van der Waals surface area (Å²) in [6.07, 6.45) is 10.6. The molecule has 2 rings (SSSR count). The Kier molecular flexibility index (Phi) is 10.4. The molecular weight excluding hydrogens is 451 g/mol. The van der Waals surface area contributed by atoms with E-state index in [9.17, 15) is 4.79 Å². The van der Waals surface area contributed by atoms with Gasteiger partial charge in [0.1, 0.15) is 6.54 Å². The topological polar surface area (TPSA) is 44.1 Å². The monoisotopic (exact) mass is 478 g/mol. The van der Waals surface area contributed by atoms with Gasteiger partial charge in [-0.25, -0.2) is 4.98 Å². The summed E-state index contributed by atoms with van der Waals surface area (Å²) in [6.45, 7) is 8.44. The molecule has 0 spiro atoms. The Morgan fingerprint density at radius 2 is 2.03 bits per heavy atom. The number of hydrogen-bond acceptors (Lipinski definition) is 4. The molecule has 0 saturated heterocycles. The SMILES string of the molecule is C/C=C\C=C/C(CSc1nc(Cc2ccc(Cl)cc2Cl)cn1CC(=O)OCC)=C(C)C. The summed E-state index contributed by atoms with van der Waals surface area (Å²) in [5.41, 5.74) is 4.22. The third kappa shape index (κ3) is 8.24. The van der Waals surface area contributed by atoms with Gasteiger partial charge in [0.25, 0.3) is 0 Å². The van der Waals surface area contributed by atoms with Crippen LogP contribution < -0.4 is 0 Å². The maximum absolute atomic E-state index is 12.1. The molecule has 0 aliphatic carbocycles. The van der Waals surface area contributed by atoms with Crippen LogP contribution in [-0.4, -0.2) is 27.9 Å². The molecule has 0 amide bonds. The molecule has 0 saturated carbocycles. The lowest BCUT2D eigenvalue weighted by molar-refractivity contribution is -0.143. The number of ether oxygens (including phenoxy) is 1. The van der Waals surface area contributed by atoms with Crippen LogP contribution in [0.4, 0.5) is 0 Å². The van der Waals surface area contributed by atoms with E-state index in [1.165, 1.54) is 11.1 Å². The normalized spacial score (nSPS) is 11.4. The number of allylic oxidation sites excluding steroid dienone is 5. The highest BCUT2D eigenvalue weighted by Crippen LogP contribution is 2.26. The summed E-state index contributed by atoms with van der Waals surface area (Å²) in [7, 11) is 0. The smallest absolute Gasteiger partial charge is 0.326 e. The highest BCUT2D eigenvalue weighted by Gasteiger charge is 2.14. The average molecular weight is 479 g/mol. The molecule has 0 atom stereocenters. The second-order valence-electron chi connectivity index (χ2n) is 7.06. The highest BCUT2D eigenvalue weighted by molar-refractivity contribution is 7.99. The Morgan fingerprint density at radius 1 is 1.26 bits per heavy atom. The van der Waals surface area contributed by atoms with Crippen molar-refractivity contribution in [2.24, 2.45) is 0 Å². The van der Waals surface area contributed by atoms with Gasteiger partial charge >= 0.3 is 5.97 Å². The predicted octanol–water partition coefficient (Wildman–Crippen LogP) is 6.90. The molecule has 0 aliphatic rings. The molecule has 7 heteroatoms. The van der Waals surface area contributed by atoms with Gasteiger partial charge < -0.3 is 9.30 Å². The second kappa shape index (κ2) is 12.8. The van der Waals surface area contributed by atoms with Crippen molar-refractivity contribution in [1.82, 2.24) is 9.55 Å². The first-order valence-corrected chi connectivity index (χ1v) is 11.8. The van der Waals surface area contributed by atoms with E-state index in [0.717, 1.165) is 22.2 Å². The number of carbonyl (C=O) groups excluding carboxylic acids is 1. The van der Waals surface area contributed by atoms with Crippen LogP contribution in [0.15, 0.2) is 65.0 Å². The van der Waals surface area contributed by atoms with E-state index < -0.39 is 0 Å². The molecule has 1 aromatic carbocycles. The Balaban J connectivity index is 2.26. The number of hydrogen-bond donors (Lipinski definition) is 0. The van der Waals surface area contributed by atoms with Gasteiger partial charge in [-0.3, -0.25) is 4.79 Å². The zero-order valence-electron chi connectivity index (χ0n) is 18.3. The van der Waals surface area contributed by atoms with Gasteiger partial charge in [0.05, 0.1) is 12.3 Å². The van der Waals surface area contributed by atoms with Crippen molar-refractivity contribution < 1.29 is 9.53 Å². The molecule has 31 heavy (non-hydrogen) atoms. The molecule has 1 aromatic heterocycles. The number of esters is 1. The number of aromatic nitrogens is 2. The lowest BCUT2D eigenvalue weighted by Crippen LogP contribution is -2.13. The summed E-state index contributed by atoms with van der Waals surface area (Å²) in [5, 5.41) is 1.96. The first-order valence-electron chi connectivity index (χ1n) is 10.1. The third-order valence-corrected chi connectivity index (χ3v) is 6.01. The van der Waals surface area contributed by atoms with Crippen LogP contribution in [-0.2, 0) is 22.5 Å². The number of nitrogens with zero attached hydrogens (tertiary/aromatic N) is 2. The quantitative estimate of drug-likeness (QED) is 0.211. The number of thioether (sulfide) groups is 1. The molecule has 0 bridgehead atoms. The highest BCUT2D eigenvalue weighted by atomic mass is 35.5. The zero-order chi connectivity index (χ0) is 22.8. The van der Waals surface area contributed by atoms with Crippen LogP contribution >= 0.6 is 35.0 Å². The van der Waals surface area contributed by atoms with Crippen LogP contribution in [0.25, 0.3) is 0 Å². The number of halogens is 2. The molecule has 0 radical (unpaired) electrons. The van der Waals surface area contributed by atoms with E-state index in [2.05, 4.69) is 19.9 Å². The lowest BCUT2D eigenvalue weighted by Gasteiger charge is -2.08. The van der Waals surface area contributed by atoms with Crippen molar-refractivity contribution in [3.63, 3.8) is 0 Å². The van der Waals surface area contributed by atoms with Crippen LogP contribution in [0.2, 0.25) is 10.0 Å². The first kappa shape index (κ1) is 25.3. The van der Waals surface area contributed by atoms with Gasteiger partial charge in [0, 0.05) is 28.4 Å². The Labute approximate surface area is 199 Å². The minimum absolute atomic E-state index is 0.121. The van der Waals surface area contributed by atoms with Gasteiger partial charge in [-0.15, -0.1) is 0 Å². The van der Waals surface area contributed by atoms with Crippen molar-refractivity contribution >= 4 is 40.9 Å². The molecule has 4 nitrogen and oxygen atoms in total. The maximum atomic E-state index is 12.1. The molecule has 0 aliphatic heterocycles. The summed E-state index contributed by atoms with van der Waals surface area (Å²) in [4.78, 5) is 16.9. The molecule has 0 unspecified atom stereocenters. The maximum Gasteiger partial charge on any atom is 0.326 e. The molecule has 2 aromatic rings. The number of benzene rings is 1. The van der Waals surface area contributed by atoms with E-state index in [0.29, 0.717) is 23.1 Å². The Bertz CT molecular complexity index is 989. The summed E-state index contributed by atoms with van der Waals surface area (Å²) >= 11 is 13.9. The Hall–Kier alpha value is -1.95. The summed E-state index contributed by atoms with van der Waals surface area (Å²) in [6, 6.07) is 5.43. The van der Waals surface area contributed by atoms with Crippen LogP contribution in [0.5, 0.6) is 0 Å². The average Bonchev–Trinajstić information content (AvgIpc) is 3.07. The summed E-state index contributed by atoms with van der Waals surface area (Å²) in [5.74, 6) is 0.463. The van der Waals surface area contributed by atoms with Crippen molar-refractivity contribution in [3.05, 3.63) is 81.1 Å². The fraction of sp³-hybridized carbons (Fsp3) is 0.333. The predicted molar refractivity (Wildman–Crippen MR) is 131 cm³/mol. The van der Waals surface area contributed by atoms with E-state index in [4.69, 9.17) is 32.9 Å². The van der Waals surface area contributed by atoms with Crippen LogP contribution in [0, 0.1) is 0 Å². The minimum atomic E-state index is -0.284. The molecule has 1 heterocycles. The van der Waals surface area contributed by atoms with Crippen molar-refractivity contribution in [2.45, 2.75) is 45.8 Å².